The molecule has 4 heavy (non-hydrogen) atoms. The van der Waals surface area contributed by atoms with Crippen LogP contribution in [0.3, 0.4) is 0 Å². The Bertz CT molecular complexity index is 32.6. The Morgan fingerprint density at radius 3 is 2.00 bits per heavy atom. The molecule has 0 fully saturated rings. The molecule has 0 amide bonds. The minimum atomic E-state index is -1.20. The van der Waals surface area contributed by atoms with Gasteiger partial charge >= 0.3 is 98.8 Å². The van der Waals surface area contributed by atoms with Crippen molar-refractivity contribution in [2.24, 2.45) is 0 Å². The third-order valence-electron chi connectivity index (χ3n) is 0. The van der Waals surface area contributed by atoms with E-state index in [2.05, 4.69) is 9.82 Å². The van der Waals surface area contributed by atoms with Crippen LogP contribution in [0, 0.1) is 0 Å². The van der Waals surface area contributed by atoms with Gasteiger partial charge in [0.05, 0.1) is 0 Å². The van der Waals surface area contributed by atoms with E-state index >= 15 is 0 Å². The number of rotatable bonds is 0. The van der Waals surface area contributed by atoms with Crippen LogP contribution in [-0.4, -0.2) is 0 Å². The molecule has 1 nitrogen and oxygen atoms in total. The van der Waals surface area contributed by atoms with Crippen molar-refractivity contribution in [3.63, 3.8) is 0 Å². The maximum atomic E-state index is 8.88. The van der Waals surface area contributed by atoms with E-state index in [9.17, 15) is 0 Å². The molecule has 0 heterocycles. The predicted molar refractivity (Wildman–Crippen MR) is 9.39 cm³/mol. The second-order valence-electron chi connectivity index (χ2n) is 0.0680. The normalized spacial score (nSPS) is 3.00. The van der Waals surface area contributed by atoms with Crippen LogP contribution in [0.15, 0.2) is 0 Å². The molecule has 0 aromatic rings. The van der Waals surface area contributed by atoms with Crippen molar-refractivity contribution in [3.8, 4) is 0 Å². The van der Waals surface area contributed by atoms with E-state index in [4.69, 9.17) is 3.40 Å². The summed E-state index contributed by atoms with van der Waals surface area (Å²) in [6.45, 7) is 0. The van der Waals surface area contributed by atoms with Crippen molar-refractivity contribution in [2.75, 3.05) is 0 Å². The van der Waals surface area contributed by atoms with Crippen molar-refractivity contribution < 1.29 is 90.4 Å². The summed E-state index contributed by atoms with van der Waals surface area (Å²) < 4.78 is 8.88. The first kappa shape index (κ1) is 9.90. The Hall–Kier alpha value is 2.76. The van der Waals surface area contributed by atoms with Gasteiger partial charge in [-0.05, 0) is 0 Å². The summed E-state index contributed by atoms with van der Waals surface area (Å²) in [6.07, 6.45) is 0. The van der Waals surface area contributed by atoms with Crippen molar-refractivity contribution in [3.05, 3.63) is 0 Å². The predicted octanol–water partition coefficient (Wildman–Crippen LogP) is -2.36. The fraction of sp³-hybridized carbons (Fsp3) is 0. The average Bonchev–Trinajstić information content (AvgIpc) is 0.918. The van der Waals surface area contributed by atoms with Gasteiger partial charge in [-0.2, -0.15) is 0 Å². The molecule has 0 aliphatic carbocycles. The first-order chi connectivity index (χ1) is 1.41. The number of hydrogen-bond acceptors (Lipinski definition) is 2. The van der Waals surface area contributed by atoms with Crippen LogP contribution in [0.1, 0.15) is 1.43 Å². The molecule has 0 aliphatic heterocycles. The molecule has 0 radical (unpaired) electrons. The van der Waals surface area contributed by atoms with E-state index < -0.39 is 16.7 Å². The molecule has 0 saturated carbocycles. The van der Waals surface area contributed by atoms with Crippen LogP contribution in [0.5, 0.6) is 0 Å². The first-order valence-electron chi connectivity index (χ1n) is 0.333. The zero-order valence-electron chi connectivity index (χ0n) is 3.22. The summed E-state index contributed by atoms with van der Waals surface area (Å²) in [5.74, 6) is 0. The van der Waals surface area contributed by atoms with E-state index in [1.54, 1.807) is 0 Å². The maximum absolute atomic E-state index is 8.88. The fourth-order valence-electron chi connectivity index (χ4n) is 0. The summed E-state index contributed by atoms with van der Waals surface area (Å²) in [5, 5.41) is 0. The molecule has 0 spiro atoms. The summed E-state index contributed by atoms with van der Waals surface area (Å²) in [4.78, 5) is 0. The first-order valence-corrected chi connectivity index (χ1v) is 3.94. The summed E-state index contributed by atoms with van der Waals surface area (Å²) in [6, 6.07) is 0. The van der Waals surface area contributed by atoms with Gasteiger partial charge in [0.1, 0.15) is 0 Å². The molecular formula is HCsMoOS. The van der Waals surface area contributed by atoms with Gasteiger partial charge in [-0.3, -0.25) is 0 Å². The van der Waals surface area contributed by atoms with Crippen LogP contribution in [0.2, 0.25) is 0 Å². The third-order valence-corrected chi connectivity index (χ3v) is 0. The molecule has 0 atom stereocenters. The summed E-state index contributed by atoms with van der Waals surface area (Å²) >= 11 is -1.20. The van der Waals surface area contributed by atoms with E-state index in [-0.39, 0.29) is 70.3 Å². The van der Waals surface area contributed by atoms with Crippen molar-refractivity contribution in [2.45, 2.75) is 0 Å². The van der Waals surface area contributed by atoms with Crippen LogP contribution in [0.4, 0.5) is 0 Å². The monoisotopic (exact) mass is 280 g/mol. The van der Waals surface area contributed by atoms with Gasteiger partial charge in [0, 0.05) is 0 Å². The Balaban J connectivity index is -0.0000000200. The molecule has 0 aromatic carbocycles. The topological polar surface area (TPSA) is 17.1 Å². The molecule has 0 aromatic heterocycles. The summed E-state index contributed by atoms with van der Waals surface area (Å²) in [7, 11) is 3.97. The average molecular weight is 278 g/mol. The summed E-state index contributed by atoms with van der Waals surface area (Å²) in [5.41, 5.74) is 0. The van der Waals surface area contributed by atoms with Gasteiger partial charge in [-0.1, -0.05) is 0 Å². The standard InChI is InChI=1S/Cs.Mo.O.S.H/q+1;;;;-1. The van der Waals surface area contributed by atoms with Crippen LogP contribution >= 0.6 is 9.82 Å². The fourth-order valence-corrected chi connectivity index (χ4v) is 0. The van der Waals surface area contributed by atoms with Gasteiger partial charge in [-0.25, -0.2) is 0 Å². The second kappa shape index (κ2) is 9.23. The zero-order valence-corrected chi connectivity index (χ0v) is 11.3. The van der Waals surface area contributed by atoms with Gasteiger partial charge in [-0.15, -0.1) is 0 Å². The molecular weight excluding hydrogens is 277 g/mol. The molecule has 0 aliphatic rings. The van der Waals surface area contributed by atoms with Gasteiger partial charge in [0.2, 0.25) is 0 Å². The van der Waals surface area contributed by atoms with E-state index in [0.717, 1.165) is 0 Å². The molecule has 0 rings (SSSR count). The third kappa shape index (κ3) is 8.83. The van der Waals surface area contributed by atoms with E-state index in [0.29, 0.717) is 0 Å². The van der Waals surface area contributed by atoms with Crippen molar-refractivity contribution in [1.82, 2.24) is 0 Å². The quantitative estimate of drug-likeness (QED) is 0.461. The van der Waals surface area contributed by atoms with Crippen molar-refractivity contribution >= 4 is 9.82 Å². The zero-order chi connectivity index (χ0) is 2.71. The van der Waals surface area contributed by atoms with Crippen LogP contribution in [-0.2, 0) is 20.1 Å². The Morgan fingerprint density at radius 2 is 2.00 bits per heavy atom. The second-order valence-corrected chi connectivity index (χ2v) is 1.21. The molecule has 0 N–H and O–H groups in total. The van der Waals surface area contributed by atoms with Gasteiger partial charge in [0.25, 0.3) is 0 Å². The number of hydrogen-bond donors (Lipinski definition) is 0. The van der Waals surface area contributed by atoms with E-state index in [1.807, 2.05) is 0 Å². The van der Waals surface area contributed by atoms with Gasteiger partial charge < -0.3 is 1.43 Å². The van der Waals surface area contributed by atoms with E-state index in [1.165, 1.54) is 0 Å². The molecule has 20 valence electrons. The minimum absolute atomic E-state index is 0. The van der Waals surface area contributed by atoms with Crippen LogP contribution in [0.25, 0.3) is 0 Å². The molecule has 0 unspecified atom stereocenters. The SMILES string of the molecule is [Cs+].[H-].[O]=[Mo]=[S]. The molecule has 0 bridgehead atoms. The Morgan fingerprint density at radius 1 is 2.00 bits per heavy atom. The van der Waals surface area contributed by atoms with Crippen molar-refractivity contribution in [1.29, 1.82) is 0 Å². The van der Waals surface area contributed by atoms with Gasteiger partial charge in [0.15, 0.2) is 0 Å². The Kier molecular flexibility index (Phi) is 22.8. The molecule has 0 saturated heterocycles. The van der Waals surface area contributed by atoms with Crippen LogP contribution < -0.4 is 68.9 Å². The molecule has 4 heteroatoms. The Labute approximate surface area is 97.1 Å².